The number of hydrogen-bond donors (Lipinski definition) is 0. The molecule has 0 aliphatic rings. The Labute approximate surface area is 572 Å². The predicted octanol–water partition coefficient (Wildman–Crippen LogP) is 24.2. The molecule has 4 aromatic heterocycles. The first-order valence-electron chi connectivity index (χ1n) is 33.7. The lowest BCUT2D eigenvalue weighted by Gasteiger charge is -2.17. The van der Waals surface area contributed by atoms with Crippen LogP contribution in [0.5, 0.6) is 0 Å². The van der Waals surface area contributed by atoms with Crippen LogP contribution in [0.3, 0.4) is 0 Å². The number of hydrogen-bond acceptors (Lipinski definition) is 3. The second-order valence-electron chi connectivity index (χ2n) is 25.4. The fourth-order valence-corrected chi connectivity index (χ4v) is 15.1. The minimum absolute atomic E-state index is 0.561. The molecule has 4 heterocycles. The van der Waals surface area contributed by atoms with Crippen molar-refractivity contribution in [1.82, 2.24) is 28.7 Å². The first-order valence-corrected chi connectivity index (χ1v) is 33.7. The van der Waals surface area contributed by atoms with Gasteiger partial charge in [0, 0.05) is 65.7 Å². The summed E-state index contributed by atoms with van der Waals surface area (Å²) in [6.45, 7) is 0. The summed E-state index contributed by atoms with van der Waals surface area (Å²) in [5.41, 5.74) is 26.0. The highest BCUT2D eigenvalue weighted by molar-refractivity contribution is 6.12. The van der Waals surface area contributed by atoms with Gasteiger partial charge in [-0.2, -0.15) is 0 Å². The third-order valence-electron chi connectivity index (χ3n) is 19.7. The molecular formula is C93H60N6. The minimum atomic E-state index is 0.561. The largest absolute Gasteiger partial charge is 0.309 e. The Bertz CT molecular complexity index is 6180. The van der Waals surface area contributed by atoms with E-state index in [2.05, 4.69) is 378 Å². The Morgan fingerprint density at radius 1 is 0.152 bits per heavy atom. The molecule has 19 rings (SSSR count). The quantitative estimate of drug-likeness (QED) is 0.122. The fourth-order valence-electron chi connectivity index (χ4n) is 15.1. The van der Waals surface area contributed by atoms with Gasteiger partial charge in [0.15, 0.2) is 17.5 Å². The second-order valence-corrected chi connectivity index (χ2v) is 25.4. The lowest BCUT2D eigenvalue weighted by atomic mass is 9.94. The normalized spacial score (nSPS) is 11.6. The van der Waals surface area contributed by atoms with Crippen LogP contribution in [-0.4, -0.2) is 28.7 Å². The second kappa shape index (κ2) is 23.9. The maximum absolute atomic E-state index is 5.54. The van der Waals surface area contributed by atoms with Crippen molar-refractivity contribution in [1.29, 1.82) is 0 Å². The molecular weight excluding hydrogens is 1200 g/mol. The number of para-hydroxylation sites is 6. The van der Waals surface area contributed by atoms with Crippen molar-refractivity contribution in [2.24, 2.45) is 0 Å². The van der Waals surface area contributed by atoms with Gasteiger partial charge < -0.3 is 13.7 Å². The Kier molecular flexibility index (Phi) is 13.8. The third kappa shape index (κ3) is 9.92. The number of fused-ring (bicyclic) bond motifs is 9. The molecule has 0 saturated heterocycles. The molecule has 15 aromatic carbocycles. The summed E-state index contributed by atoms with van der Waals surface area (Å²) in [5, 5.41) is 7.23. The van der Waals surface area contributed by atoms with Gasteiger partial charge in [0.2, 0.25) is 0 Å². The van der Waals surface area contributed by atoms with E-state index in [0.717, 1.165) is 122 Å². The Morgan fingerprint density at radius 2 is 0.414 bits per heavy atom. The molecule has 0 atom stereocenters. The molecule has 99 heavy (non-hydrogen) atoms. The molecule has 0 N–H and O–H groups in total. The van der Waals surface area contributed by atoms with Gasteiger partial charge in [-0.25, -0.2) is 15.0 Å². The zero-order valence-electron chi connectivity index (χ0n) is 53.8. The molecule has 462 valence electrons. The molecule has 0 aliphatic carbocycles. The molecule has 0 amide bonds. The summed E-state index contributed by atoms with van der Waals surface area (Å²) >= 11 is 0. The van der Waals surface area contributed by atoms with E-state index in [1.807, 2.05) is 0 Å². The van der Waals surface area contributed by atoms with Gasteiger partial charge in [0.25, 0.3) is 0 Å². The van der Waals surface area contributed by atoms with Gasteiger partial charge in [-0.1, -0.05) is 291 Å². The lowest BCUT2D eigenvalue weighted by molar-refractivity contribution is 1.07. The molecule has 0 saturated carbocycles. The first-order chi connectivity index (χ1) is 49.1. The van der Waals surface area contributed by atoms with Crippen molar-refractivity contribution in [3.63, 3.8) is 0 Å². The van der Waals surface area contributed by atoms with Crippen molar-refractivity contribution in [2.45, 2.75) is 0 Å². The van der Waals surface area contributed by atoms with Gasteiger partial charge in [-0.15, -0.1) is 0 Å². The number of benzene rings is 15. The van der Waals surface area contributed by atoms with Crippen molar-refractivity contribution < 1.29 is 0 Å². The highest BCUT2D eigenvalue weighted by Gasteiger charge is 2.23. The van der Waals surface area contributed by atoms with Gasteiger partial charge in [-0.05, 0) is 123 Å². The molecule has 0 spiro atoms. The van der Waals surface area contributed by atoms with Crippen molar-refractivity contribution in [2.75, 3.05) is 0 Å². The average Bonchev–Trinajstić information content (AvgIpc) is 1.65. The number of nitrogens with zero attached hydrogens (tertiary/aromatic N) is 6. The van der Waals surface area contributed by atoms with E-state index in [4.69, 9.17) is 15.0 Å². The molecule has 6 heteroatoms. The Balaban J connectivity index is 0.795. The smallest absolute Gasteiger partial charge is 0.164 e. The number of aromatic nitrogens is 6. The van der Waals surface area contributed by atoms with E-state index in [1.54, 1.807) is 0 Å². The third-order valence-corrected chi connectivity index (χ3v) is 19.7. The Hall–Kier alpha value is -13.3. The monoisotopic (exact) mass is 1260 g/mol. The predicted molar refractivity (Wildman–Crippen MR) is 412 cm³/mol. The molecule has 6 nitrogen and oxygen atoms in total. The van der Waals surface area contributed by atoms with E-state index in [9.17, 15) is 0 Å². The molecule has 0 bridgehead atoms. The van der Waals surface area contributed by atoms with Crippen LogP contribution in [-0.2, 0) is 0 Å². The fraction of sp³-hybridized carbons (Fsp3) is 0. The molecule has 19 aromatic rings. The van der Waals surface area contributed by atoms with Crippen LogP contribution in [0.4, 0.5) is 0 Å². The zero-order chi connectivity index (χ0) is 65.3. The summed E-state index contributed by atoms with van der Waals surface area (Å²) in [5.74, 6) is 1.69. The summed E-state index contributed by atoms with van der Waals surface area (Å²) in [4.78, 5) is 16.6. The van der Waals surface area contributed by atoms with Gasteiger partial charge in [0.1, 0.15) is 0 Å². The van der Waals surface area contributed by atoms with E-state index in [1.165, 1.54) is 43.4 Å². The highest BCUT2D eigenvalue weighted by Crippen LogP contribution is 2.44. The van der Waals surface area contributed by atoms with Crippen LogP contribution in [0.25, 0.3) is 183 Å². The Morgan fingerprint density at radius 3 is 0.859 bits per heavy atom. The average molecular weight is 1260 g/mol. The van der Waals surface area contributed by atoms with E-state index < -0.39 is 0 Å². The van der Waals surface area contributed by atoms with E-state index in [-0.39, 0.29) is 0 Å². The van der Waals surface area contributed by atoms with Crippen LogP contribution in [0.2, 0.25) is 0 Å². The van der Waals surface area contributed by atoms with Crippen LogP contribution in [0.1, 0.15) is 0 Å². The van der Waals surface area contributed by atoms with Crippen molar-refractivity contribution in [3.05, 3.63) is 364 Å². The van der Waals surface area contributed by atoms with Gasteiger partial charge in [0.05, 0.1) is 50.2 Å². The van der Waals surface area contributed by atoms with Crippen molar-refractivity contribution >= 4 is 65.4 Å². The first kappa shape index (κ1) is 57.2. The van der Waals surface area contributed by atoms with Crippen LogP contribution in [0, 0.1) is 0 Å². The topological polar surface area (TPSA) is 53.5 Å². The van der Waals surface area contributed by atoms with Crippen LogP contribution >= 0.6 is 0 Å². The van der Waals surface area contributed by atoms with E-state index in [0.29, 0.717) is 17.5 Å². The van der Waals surface area contributed by atoms with Gasteiger partial charge >= 0.3 is 0 Å². The maximum Gasteiger partial charge on any atom is 0.164 e. The zero-order valence-corrected chi connectivity index (χ0v) is 53.8. The standard InChI is InChI=1S/C93H60N6/c1-4-24-61(25-5-1)66-30-22-31-67(56-66)69-52-55-88(97-82-40-16-10-34-75(82)76-35-11-17-41-83(76)97)81(58-69)64-46-48-65(49-47-64)91-94-92(96-93(95-91)72-51-54-74(63-28-8-3-9-29-63)90(60-72)99-86-44-20-14-38-79(86)80-39-15-21-45-87(80)99)71-33-23-32-68(57-71)70-50-53-73(62-26-6-2-7-27-62)89(59-70)98-84-42-18-12-36-77(84)78-37-13-19-43-85(78)98/h1-60H. The van der Waals surface area contributed by atoms with E-state index >= 15 is 0 Å². The molecule has 0 unspecified atom stereocenters. The lowest BCUT2D eigenvalue weighted by Crippen LogP contribution is -2.02. The highest BCUT2D eigenvalue weighted by atomic mass is 15.0. The van der Waals surface area contributed by atoms with Crippen LogP contribution < -0.4 is 0 Å². The van der Waals surface area contributed by atoms with Crippen molar-refractivity contribution in [3.8, 4) is 118 Å². The summed E-state index contributed by atoms with van der Waals surface area (Å²) in [6, 6.07) is 131. The van der Waals surface area contributed by atoms with Gasteiger partial charge in [-0.3, -0.25) is 0 Å². The van der Waals surface area contributed by atoms with Crippen LogP contribution in [0.15, 0.2) is 364 Å². The summed E-state index contributed by atoms with van der Waals surface area (Å²) < 4.78 is 7.26. The minimum Gasteiger partial charge on any atom is -0.309 e. The molecule has 0 fully saturated rings. The molecule has 0 radical (unpaired) electrons. The summed E-state index contributed by atoms with van der Waals surface area (Å²) in [7, 11) is 0. The molecule has 0 aliphatic heterocycles. The number of rotatable bonds is 12. The SMILES string of the molecule is c1ccc(-c2cccc(-c3ccc(-n4c5ccccc5c5ccccc54)c(-c4ccc(-c5nc(-c6cccc(-c7ccc(-c8ccccc8)c(-n8c9ccccc9c9ccccc98)c7)c6)nc(-c6ccc(-c7ccccc7)c(-n7c8ccccc8c8ccccc87)c6)n5)cc4)c3)c2)cc1. The summed E-state index contributed by atoms with van der Waals surface area (Å²) in [6.07, 6.45) is 0. The maximum atomic E-state index is 5.54.